The number of rotatable bonds is 10. The number of nitrogens with zero attached hydrogens (tertiary/aromatic N) is 4. The topological polar surface area (TPSA) is 79.9 Å². The van der Waals surface area contributed by atoms with Crippen LogP contribution in [0.4, 0.5) is 5.69 Å². The van der Waals surface area contributed by atoms with E-state index < -0.39 is 0 Å². The molecule has 9 heteroatoms. The third-order valence-electron chi connectivity index (χ3n) is 5.60. The van der Waals surface area contributed by atoms with Crippen LogP contribution in [-0.4, -0.2) is 50.0 Å². The minimum atomic E-state index is -0.148. The van der Waals surface area contributed by atoms with E-state index in [1.165, 1.54) is 11.8 Å². The van der Waals surface area contributed by atoms with Crippen LogP contribution in [0.3, 0.4) is 0 Å². The number of anilines is 1. The molecule has 1 aromatic heterocycles. The zero-order chi connectivity index (χ0) is 27.1. The largest absolute Gasteiger partial charge is 0.493 e. The van der Waals surface area contributed by atoms with Crippen molar-refractivity contribution in [2.24, 2.45) is 16.1 Å². The Morgan fingerprint density at radius 3 is 2.50 bits per heavy atom. The van der Waals surface area contributed by atoms with Crippen molar-refractivity contribution in [1.29, 1.82) is 0 Å². The molecule has 0 radical (unpaired) electrons. The fourth-order valence-corrected chi connectivity index (χ4v) is 4.52. The number of benzene rings is 2. The molecule has 2 aromatic carbocycles. The Morgan fingerprint density at radius 2 is 1.84 bits per heavy atom. The lowest BCUT2D eigenvalue weighted by Gasteiger charge is -2.13. The predicted octanol–water partition coefficient (Wildman–Crippen LogP) is 5.90. The second kappa shape index (κ2) is 12.5. The molecule has 0 N–H and O–H groups in total. The summed E-state index contributed by atoms with van der Waals surface area (Å²) in [5, 5.41) is 9.14. The second-order valence-electron chi connectivity index (χ2n) is 9.31. The number of hydrogen-bond acceptors (Lipinski definition) is 8. The lowest BCUT2D eigenvalue weighted by Crippen LogP contribution is -2.28. The molecule has 198 valence electrons. The summed E-state index contributed by atoms with van der Waals surface area (Å²) >= 11 is 1.29. The SMILES string of the molecule is COc1cc(/C=N\N=C2\S/C(=C\c3ccc(N(C)C)cc3)C(=O)N2Cc2ccco2)ccc1OCC(C)C. The monoisotopic (exact) mass is 532 g/mol. The van der Waals surface area contributed by atoms with Crippen LogP contribution < -0.4 is 14.4 Å². The molecule has 3 aromatic rings. The number of carbonyl (C=O) groups is 1. The van der Waals surface area contributed by atoms with Gasteiger partial charge in [-0.05, 0) is 77.3 Å². The molecule has 1 saturated heterocycles. The van der Waals surface area contributed by atoms with Gasteiger partial charge in [-0.3, -0.25) is 9.69 Å². The standard InChI is InChI=1S/C29H32N4O4S/c1-20(2)19-37-25-13-10-22(15-26(25)35-5)17-30-31-29-33(18-24-7-6-14-36-24)28(34)27(38-29)16-21-8-11-23(12-9-21)32(3)4/h6-17,20H,18-19H2,1-5H3/b27-16-,30-17-,31-29+. The highest BCUT2D eigenvalue weighted by Gasteiger charge is 2.34. The predicted molar refractivity (Wildman–Crippen MR) is 154 cm³/mol. The van der Waals surface area contributed by atoms with Crippen LogP contribution in [0.15, 0.2) is 80.4 Å². The summed E-state index contributed by atoms with van der Waals surface area (Å²) in [5.74, 6) is 2.22. The van der Waals surface area contributed by atoms with E-state index in [2.05, 4.69) is 24.1 Å². The summed E-state index contributed by atoms with van der Waals surface area (Å²) in [6, 6.07) is 17.2. The minimum absolute atomic E-state index is 0.148. The van der Waals surface area contributed by atoms with Crippen molar-refractivity contribution in [2.45, 2.75) is 20.4 Å². The first kappa shape index (κ1) is 27.1. The van der Waals surface area contributed by atoms with E-state index in [4.69, 9.17) is 13.9 Å². The number of methoxy groups -OCH3 is 1. The van der Waals surface area contributed by atoms with Gasteiger partial charge in [0.2, 0.25) is 0 Å². The van der Waals surface area contributed by atoms with E-state index in [1.807, 2.05) is 73.6 Å². The Kier molecular flexibility index (Phi) is 8.91. The molecule has 0 atom stereocenters. The maximum Gasteiger partial charge on any atom is 0.267 e. The first-order chi connectivity index (χ1) is 18.3. The van der Waals surface area contributed by atoms with Crippen molar-refractivity contribution >= 4 is 40.8 Å². The number of amides is 1. The molecule has 8 nitrogen and oxygen atoms in total. The van der Waals surface area contributed by atoms with Crippen molar-refractivity contribution in [3.63, 3.8) is 0 Å². The molecule has 4 rings (SSSR count). The lowest BCUT2D eigenvalue weighted by molar-refractivity contribution is -0.122. The summed E-state index contributed by atoms with van der Waals surface area (Å²) in [6.07, 6.45) is 5.08. The molecule has 0 unspecified atom stereocenters. The van der Waals surface area contributed by atoms with E-state index in [0.717, 1.165) is 16.8 Å². The molecule has 0 spiro atoms. The van der Waals surface area contributed by atoms with Crippen molar-refractivity contribution in [3.05, 3.63) is 82.7 Å². The Balaban J connectivity index is 1.56. The van der Waals surface area contributed by atoms with Crippen LogP contribution in [0, 0.1) is 5.92 Å². The molecule has 0 aliphatic carbocycles. The van der Waals surface area contributed by atoms with Crippen LogP contribution in [0.1, 0.15) is 30.7 Å². The van der Waals surface area contributed by atoms with Gasteiger partial charge in [-0.2, -0.15) is 5.10 Å². The summed E-state index contributed by atoms with van der Waals surface area (Å²) in [6.45, 7) is 5.05. The fourth-order valence-electron chi connectivity index (χ4n) is 3.59. The van der Waals surface area contributed by atoms with Crippen LogP contribution >= 0.6 is 11.8 Å². The maximum absolute atomic E-state index is 13.3. The highest BCUT2D eigenvalue weighted by atomic mass is 32.2. The molecule has 1 aliphatic rings. The average Bonchev–Trinajstić information content (AvgIpc) is 3.52. The maximum atomic E-state index is 13.3. The van der Waals surface area contributed by atoms with E-state index >= 15 is 0 Å². The van der Waals surface area contributed by atoms with Crippen molar-refractivity contribution < 1.29 is 18.7 Å². The summed E-state index contributed by atoms with van der Waals surface area (Å²) < 4.78 is 16.8. The van der Waals surface area contributed by atoms with Crippen LogP contribution in [-0.2, 0) is 11.3 Å². The molecular weight excluding hydrogens is 500 g/mol. The van der Waals surface area contributed by atoms with Crippen molar-refractivity contribution in [3.8, 4) is 11.5 Å². The molecule has 0 saturated carbocycles. The fraction of sp³-hybridized carbons (Fsp3) is 0.276. The van der Waals surface area contributed by atoms with Gasteiger partial charge in [0, 0.05) is 19.8 Å². The van der Waals surface area contributed by atoms with Gasteiger partial charge < -0.3 is 18.8 Å². The van der Waals surface area contributed by atoms with Gasteiger partial charge >= 0.3 is 0 Å². The Hall–Kier alpha value is -3.98. The van der Waals surface area contributed by atoms with E-state index in [0.29, 0.717) is 39.9 Å². The number of carbonyl (C=O) groups excluding carboxylic acids is 1. The van der Waals surface area contributed by atoms with Gasteiger partial charge in [0.05, 0.1) is 37.6 Å². The molecule has 1 amide bonds. The zero-order valence-corrected chi connectivity index (χ0v) is 23.1. The molecule has 2 heterocycles. The quantitative estimate of drug-likeness (QED) is 0.184. The number of hydrogen-bond donors (Lipinski definition) is 0. The smallest absolute Gasteiger partial charge is 0.267 e. The third kappa shape index (κ3) is 6.86. The Bertz CT molecular complexity index is 1330. The summed E-state index contributed by atoms with van der Waals surface area (Å²) in [4.78, 5) is 17.5. The minimum Gasteiger partial charge on any atom is -0.493 e. The van der Waals surface area contributed by atoms with Crippen LogP contribution in [0.5, 0.6) is 11.5 Å². The number of thioether (sulfide) groups is 1. The van der Waals surface area contributed by atoms with Gasteiger partial charge in [0.15, 0.2) is 16.7 Å². The summed E-state index contributed by atoms with van der Waals surface area (Å²) in [5.41, 5.74) is 2.82. The third-order valence-corrected chi connectivity index (χ3v) is 6.60. The van der Waals surface area contributed by atoms with Gasteiger partial charge in [0.25, 0.3) is 5.91 Å². The van der Waals surface area contributed by atoms with Gasteiger partial charge in [-0.1, -0.05) is 26.0 Å². The Morgan fingerprint density at radius 1 is 1.08 bits per heavy atom. The van der Waals surface area contributed by atoms with Gasteiger partial charge in [-0.25, -0.2) is 0 Å². The van der Waals surface area contributed by atoms with Gasteiger partial charge in [-0.15, -0.1) is 5.10 Å². The summed E-state index contributed by atoms with van der Waals surface area (Å²) in [7, 11) is 5.59. The molecular formula is C29H32N4O4S. The average molecular weight is 533 g/mol. The van der Waals surface area contributed by atoms with E-state index in [-0.39, 0.29) is 12.5 Å². The number of amidine groups is 1. The number of ether oxygens (including phenoxy) is 2. The first-order valence-corrected chi connectivity index (χ1v) is 13.1. The molecule has 1 aliphatic heterocycles. The highest BCUT2D eigenvalue weighted by molar-refractivity contribution is 8.18. The lowest BCUT2D eigenvalue weighted by atomic mass is 10.2. The zero-order valence-electron chi connectivity index (χ0n) is 22.2. The van der Waals surface area contributed by atoms with E-state index in [1.54, 1.807) is 30.6 Å². The molecule has 0 bridgehead atoms. The van der Waals surface area contributed by atoms with E-state index in [9.17, 15) is 4.79 Å². The highest BCUT2D eigenvalue weighted by Crippen LogP contribution is 2.34. The normalized spacial score (nSPS) is 15.8. The second-order valence-corrected chi connectivity index (χ2v) is 10.3. The van der Waals surface area contributed by atoms with Crippen molar-refractivity contribution in [2.75, 3.05) is 32.7 Å². The Labute approximate surface area is 227 Å². The van der Waals surface area contributed by atoms with Crippen LogP contribution in [0.2, 0.25) is 0 Å². The first-order valence-electron chi connectivity index (χ1n) is 12.3. The van der Waals surface area contributed by atoms with Gasteiger partial charge in [0.1, 0.15) is 5.76 Å². The van der Waals surface area contributed by atoms with Crippen LogP contribution in [0.25, 0.3) is 6.08 Å². The number of furan rings is 1. The molecule has 1 fully saturated rings. The molecule has 38 heavy (non-hydrogen) atoms. The van der Waals surface area contributed by atoms with Crippen molar-refractivity contribution in [1.82, 2.24) is 4.90 Å².